The number of carbonyl (C=O) groups is 2. The number of amides is 2. The first-order valence-corrected chi connectivity index (χ1v) is 10.4. The molecule has 9 heteroatoms. The number of para-hydroxylation sites is 1. The summed E-state index contributed by atoms with van der Waals surface area (Å²) < 4.78 is 10.8. The molecule has 3 aromatic carbocycles. The van der Waals surface area contributed by atoms with Gasteiger partial charge in [0.1, 0.15) is 11.5 Å². The topological polar surface area (TPSA) is 99.0 Å². The maximum atomic E-state index is 13.0. The fourth-order valence-electron chi connectivity index (χ4n) is 3.52. The minimum absolute atomic E-state index is 0.140. The number of nitro benzene ring substituents is 1. The molecular formula is C23H18N2O6S. The summed E-state index contributed by atoms with van der Waals surface area (Å²) in [6.45, 7) is -0.181. The molecule has 2 amide bonds. The number of thioether (sulfide) groups is 1. The van der Waals surface area contributed by atoms with Crippen LogP contribution >= 0.6 is 11.8 Å². The van der Waals surface area contributed by atoms with Crippen molar-refractivity contribution in [1.82, 2.24) is 4.90 Å². The Balaban J connectivity index is 1.74. The largest absolute Gasteiger partial charge is 0.497 e. The molecule has 0 N–H and O–H groups in total. The Morgan fingerprint density at radius 1 is 1.06 bits per heavy atom. The fraction of sp³-hybridized carbons (Fsp3) is 0.130. The van der Waals surface area contributed by atoms with Crippen molar-refractivity contribution in [3.05, 3.63) is 80.7 Å². The first-order chi connectivity index (χ1) is 15.4. The van der Waals surface area contributed by atoms with Crippen molar-refractivity contribution < 1.29 is 24.0 Å². The van der Waals surface area contributed by atoms with E-state index in [1.54, 1.807) is 25.3 Å². The summed E-state index contributed by atoms with van der Waals surface area (Å²) in [4.78, 5) is 37.6. The van der Waals surface area contributed by atoms with Gasteiger partial charge in [0, 0.05) is 17.2 Å². The number of methoxy groups -OCH3 is 2. The summed E-state index contributed by atoms with van der Waals surface area (Å²) in [5, 5.41) is 12.5. The second-order valence-corrected chi connectivity index (χ2v) is 7.92. The predicted molar refractivity (Wildman–Crippen MR) is 122 cm³/mol. The number of benzene rings is 3. The van der Waals surface area contributed by atoms with E-state index in [4.69, 9.17) is 9.47 Å². The van der Waals surface area contributed by atoms with E-state index in [0.29, 0.717) is 17.1 Å². The van der Waals surface area contributed by atoms with Gasteiger partial charge in [-0.1, -0.05) is 30.3 Å². The summed E-state index contributed by atoms with van der Waals surface area (Å²) >= 11 is 0.790. The van der Waals surface area contributed by atoms with E-state index >= 15 is 0 Å². The molecule has 162 valence electrons. The van der Waals surface area contributed by atoms with E-state index in [-0.39, 0.29) is 22.7 Å². The highest BCUT2D eigenvalue weighted by atomic mass is 32.2. The van der Waals surface area contributed by atoms with E-state index in [2.05, 4.69) is 0 Å². The predicted octanol–water partition coefficient (Wildman–Crippen LogP) is 5.00. The number of hydrogen-bond donors (Lipinski definition) is 0. The molecule has 1 heterocycles. The Bertz CT molecular complexity index is 1280. The van der Waals surface area contributed by atoms with Crippen molar-refractivity contribution in [2.75, 3.05) is 14.2 Å². The van der Waals surface area contributed by atoms with Crippen LogP contribution in [-0.2, 0) is 11.3 Å². The van der Waals surface area contributed by atoms with Gasteiger partial charge in [-0.2, -0.15) is 0 Å². The molecule has 4 rings (SSSR count). The summed E-state index contributed by atoms with van der Waals surface area (Å²) in [5.74, 6) is 0.668. The van der Waals surface area contributed by atoms with Crippen molar-refractivity contribution in [2.45, 2.75) is 6.54 Å². The summed E-state index contributed by atoms with van der Waals surface area (Å²) in [6.07, 6.45) is 1.62. The van der Waals surface area contributed by atoms with E-state index in [1.165, 1.54) is 25.3 Å². The van der Waals surface area contributed by atoms with Gasteiger partial charge < -0.3 is 9.47 Å². The Morgan fingerprint density at radius 2 is 1.81 bits per heavy atom. The highest BCUT2D eigenvalue weighted by Gasteiger charge is 2.36. The number of hydrogen-bond acceptors (Lipinski definition) is 7. The molecule has 0 unspecified atom stereocenters. The normalized spacial score (nSPS) is 14.9. The molecule has 1 aliphatic heterocycles. The number of ether oxygens (including phenoxy) is 2. The molecule has 0 saturated carbocycles. The van der Waals surface area contributed by atoms with Crippen molar-refractivity contribution in [2.24, 2.45) is 0 Å². The van der Waals surface area contributed by atoms with Gasteiger partial charge in [-0.3, -0.25) is 24.6 Å². The first-order valence-electron chi connectivity index (χ1n) is 9.55. The van der Waals surface area contributed by atoms with E-state index in [0.717, 1.165) is 27.4 Å². The van der Waals surface area contributed by atoms with Crippen LogP contribution in [0.2, 0.25) is 0 Å². The molecule has 0 radical (unpaired) electrons. The number of carbonyl (C=O) groups excluding carboxylic acids is 2. The molecule has 0 atom stereocenters. The molecule has 3 aromatic rings. The van der Waals surface area contributed by atoms with Crippen LogP contribution in [0.3, 0.4) is 0 Å². The monoisotopic (exact) mass is 450 g/mol. The van der Waals surface area contributed by atoms with Crippen LogP contribution in [0.1, 0.15) is 11.1 Å². The molecule has 1 saturated heterocycles. The lowest BCUT2D eigenvalue weighted by molar-refractivity contribution is -0.385. The minimum Gasteiger partial charge on any atom is -0.497 e. The number of imide groups is 1. The van der Waals surface area contributed by atoms with Crippen LogP contribution in [0.25, 0.3) is 16.8 Å². The van der Waals surface area contributed by atoms with Crippen molar-refractivity contribution in [3.63, 3.8) is 0 Å². The molecule has 0 aliphatic carbocycles. The standard InChI is InChI=1S/C23H18N2O6S/c1-30-16-9-7-14-8-10-20(31-2)18(17(14)11-16)12-21-22(26)24(23(27)32-21)13-15-5-3-4-6-19(15)25(28)29/h3-12H,13H2,1-2H3/b21-12-. The first kappa shape index (κ1) is 21.4. The Morgan fingerprint density at radius 3 is 2.53 bits per heavy atom. The summed E-state index contributed by atoms with van der Waals surface area (Å²) in [6, 6.07) is 15.3. The van der Waals surface area contributed by atoms with Gasteiger partial charge in [-0.15, -0.1) is 0 Å². The van der Waals surface area contributed by atoms with E-state index < -0.39 is 16.1 Å². The average Bonchev–Trinajstić information content (AvgIpc) is 3.06. The van der Waals surface area contributed by atoms with Crippen LogP contribution in [-0.4, -0.2) is 35.2 Å². The van der Waals surface area contributed by atoms with Gasteiger partial charge in [-0.25, -0.2) is 0 Å². The van der Waals surface area contributed by atoms with Gasteiger partial charge in [0.2, 0.25) is 0 Å². The SMILES string of the molecule is COc1ccc2ccc(OC)c(/C=C3\SC(=O)N(Cc4ccccc4[N+](=O)[O-])C3=O)c2c1. The molecule has 0 spiro atoms. The molecule has 1 aliphatic rings. The van der Waals surface area contributed by atoms with Gasteiger partial charge in [-0.05, 0) is 46.8 Å². The maximum absolute atomic E-state index is 13.0. The van der Waals surface area contributed by atoms with Crippen molar-refractivity contribution >= 4 is 45.4 Å². The van der Waals surface area contributed by atoms with Crippen LogP contribution in [0, 0.1) is 10.1 Å². The number of nitrogens with zero attached hydrogens (tertiary/aromatic N) is 2. The Hall–Kier alpha value is -3.85. The third-order valence-corrected chi connectivity index (χ3v) is 6.02. The lowest BCUT2D eigenvalue weighted by Gasteiger charge is -2.13. The molecule has 0 aromatic heterocycles. The quantitative estimate of drug-likeness (QED) is 0.296. The highest BCUT2D eigenvalue weighted by Crippen LogP contribution is 2.38. The fourth-order valence-corrected chi connectivity index (χ4v) is 4.34. The second-order valence-electron chi connectivity index (χ2n) is 6.92. The second kappa shape index (κ2) is 8.72. The van der Waals surface area contributed by atoms with Crippen LogP contribution in [0.5, 0.6) is 11.5 Å². The zero-order chi connectivity index (χ0) is 22.8. The van der Waals surface area contributed by atoms with Gasteiger partial charge in [0.05, 0.1) is 30.6 Å². The summed E-state index contributed by atoms with van der Waals surface area (Å²) in [7, 11) is 3.09. The number of fused-ring (bicyclic) bond motifs is 1. The maximum Gasteiger partial charge on any atom is 0.293 e. The zero-order valence-corrected chi connectivity index (χ0v) is 18.0. The van der Waals surface area contributed by atoms with Crippen LogP contribution < -0.4 is 9.47 Å². The molecule has 8 nitrogen and oxygen atoms in total. The Labute approximate surface area is 187 Å². The Kier molecular flexibility index (Phi) is 5.83. The average molecular weight is 450 g/mol. The molecule has 1 fully saturated rings. The number of nitro groups is 1. The van der Waals surface area contributed by atoms with Crippen LogP contribution in [0.4, 0.5) is 10.5 Å². The van der Waals surface area contributed by atoms with Crippen LogP contribution in [0.15, 0.2) is 59.5 Å². The molecule has 0 bridgehead atoms. The van der Waals surface area contributed by atoms with E-state index in [1.807, 2.05) is 24.3 Å². The van der Waals surface area contributed by atoms with Crippen molar-refractivity contribution in [3.8, 4) is 11.5 Å². The third-order valence-electron chi connectivity index (χ3n) is 5.12. The van der Waals surface area contributed by atoms with Gasteiger partial charge >= 0.3 is 0 Å². The van der Waals surface area contributed by atoms with E-state index in [9.17, 15) is 19.7 Å². The highest BCUT2D eigenvalue weighted by molar-refractivity contribution is 8.18. The smallest absolute Gasteiger partial charge is 0.293 e. The van der Waals surface area contributed by atoms with Gasteiger partial charge in [0.15, 0.2) is 0 Å². The lowest BCUT2D eigenvalue weighted by Crippen LogP contribution is -2.27. The van der Waals surface area contributed by atoms with Crippen molar-refractivity contribution in [1.29, 1.82) is 0 Å². The van der Waals surface area contributed by atoms with Gasteiger partial charge in [0.25, 0.3) is 16.8 Å². The molecule has 32 heavy (non-hydrogen) atoms. The summed E-state index contributed by atoms with van der Waals surface area (Å²) in [5.41, 5.74) is 0.784. The zero-order valence-electron chi connectivity index (χ0n) is 17.2. The lowest BCUT2D eigenvalue weighted by atomic mass is 10.0. The molecular weight excluding hydrogens is 432 g/mol. The number of rotatable bonds is 6. The minimum atomic E-state index is -0.529. The third kappa shape index (κ3) is 3.90.